The number of carboxylic acid groups (broad SMARTS) is 1. The number of ether oxygens (including phenoxy) is 1. The summed E-state index contributed by atoms with van der Waals surface area (Å²) in [5.74, 6) is -2.20. The van der Waals surface area contributed by atoms with Gasteiger partial charge >= 0.3 is 5.97 Å². The molecule has 1 atom stereocenters. The number of ketones is 1. The van der Waals surface area contributed by atoms with Crippen molar-refractivity contribution in [2.75, 3.05) is 13.2 Å². The van der Waals surface area contributed by atoms with E-state index in [1.54, 1.807) is 24.3 Å². The number of Topliss-reactive ketones (excluding diaryl/α,β-unsaturated/α-hetero) is 1. The number of nitrogens with one attached hydrogen (secondary N) is 1. The van der Waals surface area contributed by atoms with Crippen LogP contribution in [0.5, 0.6) is 5.75 Å². The monoisotopic (exact) mass is 387 g/mol. The minimum absolute atomic E-state index is 0.0245. The Labute approximate surface area is 162 Å². The van der Waals surface area contributed by atoms with Gasteiger partial charge in [0.2, 0.25) is 5.91 Å². The molecule has 0 fully saturated rings. The third kappa shape index (κ3) is 6.50. The van der Waals surface area contributed by atoms with E-state index < -0.39 is 17.7 Å². The molecule has 28 heavy (non-hydrogen) atoms. The number of benzene rings is 2. The lowest BCUT2D eigenvalue weighted by molar-refractivity contribution is -0.138. The number of carboxylic acids is 1. The van der Waals surface area contributed by atoms with E-state index in [2.05, 4.69) is 5.32 Å². The fourth-order valence-corrected chi connectivity index (χ4v) is 2.56. The van der Waals surface area contributed by atoms with Crippen molar-refractivity contribution < 1.29 is 28.6 Å². The van der Waals surface area contributed by atoms with Gasteiger partial charge in [-0.25, -0.2) is 4.39 Å². The molecule has 2 rings (SSSR count). The summed E-state index contributed by atoms with van der Waals surface area (Å²) in [6.07, 6.45) is 0.635. The Hall–Kier alpha value is -3.22. The highest BCUT2D eigenvalue weighted by Gasteiger charge is 2.20. The van der Waals surface area contributed by atoms with Crippen LogP contribution in [-0.4, -0.2) is 35.9 Å². The van der Waals surface area contributed by atoms with Crippen LogP contribution in [0.25, 0.3) is 0 Å². The van der Waals surface area contributed by atoms with Gasteiger partial charge in [0.1, 0.15) is 11.6 Å². The molecule has 2 aromatic rings. The van der Waals surface area contributed by atoms with E-state index in [1.807, 2.05) is 0 Å². The van der Waals surface area contributed by atoms with Crippen LogP contribution in [0.1, 0.15) is 41.6 Å². The summed E-state index contributed by atoms with van der Waals surface area (Å²) >= 11 is 0. The SMILES string of the molecule is CC(=O)c1ccc(OCCCC(=O)NCC(C(=O)O)c2ccc(F)cc2)cc1. The summed E-state index contributed by atoms with van der Waals surface area (Å²) in [4.78, 5) is 34.5. The quantitative estimate of drug-likeness (QED) is 0.483. The Balaban J connectivity index is 1.73. The molecule has 6 nitrogen and oxygen atoms in total. The smallest absolute Gasteiger partial charge is 0.312 e. The Morgan fingerprint density at radius 3 is 2.29 bits per heavy atom. The summed E-state index contributed by atoms with van der Waals surface area (Å²) < 4.78 is 18.5. The summed E-state index contributed by atoms with van der Waals surface area (Å²) in [5, 5.41) is 11.9. The maximum atomic E-state index is 13.0. The molecule has 0 spiro atoms. The van der Waals surface area contributed by atoms with Gasteiger partial charge in [-0.2, -0.15) is 0 Å². The molecule has 0 aliphatic rings. The second-order valence-electron chi connectivity index (χ2n) is 6.28. The normalized spacial score (nSPS) is 11.5. The molecule has 0 saturated carbocycles. The molecule has 2 aromatic carbocycles. The highest BCUT2D eigenvalue weighted by Crippen LogP contribution is 2.16. The Bertz CT molecular complexity index is 818. The average Bonchev–Trinajstić information content (AvgIpc) is 2.67. The Morgan fingerprint density at radius 1 is 1.07 bits per heavy atom. The van der Waals surface area contributed by atoms with Crippen LogP contribution in [0.3, 0.4) is 0 Å². The van der Waals surface area contributed by atoms with Crippen LogP contribution in [0.4, 0.5) is 4.39 Å². The standard InChI is InChI=1S/C21H22FNO5/c1-14(24)15-6-10-18(11-7-15)28-12-2-3-20(25)23-13-19(21(26)27)16-4-8-17(22)9-5-16/h4-11,19H,2-3,12-13H2,1H3,(H,23,25)(H,26,27). The van der Waals surface area contributed by atoms with Gasteiger partial charge < -0.3 is 15.2 Å². The Morgan fingerprint density at radius 2 is 1.71 bits per heavy atom. The molecule has 0 saturated heterocycles. The number of amides is 1. The van der Waals surface area contributed by atoms with Gasteiger partial charge in [0, 0.05) is 18.5 Å². The van der Waals surface area contributed by atoms with Crippen LogP contribution in [-0.2, 0) is 9.59 Å². The molecule has 7 heteroatoms. The van der Waals surface area contributed by atoms with Gasteiger partial charge in [0.25, 0.3) is 0 Å². The van der Waals surface area contributed by atoms with Gasteiger partial charge in [0.05, 0.1) is 12.5 Å². The number of rotatable bonds is 10. The third-order valence-electron chi connectivity index (χ3n) is 4.15. The summed E-state index contributed by atoms with van der Waals surface area (Å²) in [6.45, 7) is 1.72. The molecule has 0 bridgehead atoms. The van der Waals surface area contributed by atoms with Crippen LogP contribution >= 0.6 is 0 Å². The topological polar surface area (TPSA) is 92.7 Å². The van der Waals surface area contributed by atoms with E-state index in [1.165, 1.54) is 31.2 Å². The third-order valence-corrected chi connectivity index (χ3v) is 4.15. The van der Waals surface area contributed by atoms with Crippen molar-refractivity contribution in [3.05, 3.63) is 65.5 Å². The largest absolute Gasteiger partial charge is 0.494 e. The zero-order valence-corrected chi connectivity index (χ0v) is 15.5. The van der Waals surface area contributed by atoms with Gasteiger partial charge in [-0.15, -0.1) is 0 Å². The van der Waals surface area contributed by atoms with E-state index in [0.29, 0.717) is 29.9 Å². The predicted molar refractivity (Wildman–Crippen MR) is 101 cm³/mol. The maximum absolute atomic E-state index is 13.0. The number of carbonyl (C=O) groups excluding carboxylic acids is 2. The van der Waals surface area contributed by atoms with E-state index in [-0.39, 0.29) is 24.7 Å². The molecule has 1 unspecified atom stereocenters. The number of carbonyl (C=O) groups is 3. The van der Waals surface area contributed by atoms with Crippen molar-refractivity contribution in [2.24, 2.45) is 0 Å². The van der Waals surface area contributed by atoms with Crippen molar-refractivity contribution in [3.63, 3.8) is 0 Å². The lowest BCUT2D eigenvalue weighted by Crippen LogP contribution is -2.31. The van der Waals surface area contributed by atoms with Gasteiger partial charge in [-0.3, -0.25) is 14.4 Å². The highest BCUT2D eigenvalue weighted by atomic mass is 19.1. The Kier molecular flexibility index (Phi) is 7.68. The predicted octanol–water partition coefficient (Wildman–Crippen LogP) is 3.17. The van der Waals surface area contributed by atoms with Crippen molar-refractivity contribution in [2.45, 2.75) is 25.7 Å². The molecule has 2 N–H and O–H groups in total. The minimum atomic E-state index is -1.09. The fourth-order valence-electron chi connectivity index (χ4n) is 2.56. The molecule has 0 aliphatic carbocycles. The number of hydrogen-bond donors (Lipinski definition) is 2. The molecule has 0 radical (unpaired) electrons. The fraction of sp³-hybridized carbons (Fsp3) is 0.286. The van der Waals surface area contributed by atoms with Gasteiger partial charge in [-0.1, -0.05) is 12.1 Å². The number of hydrogen-bond acceptors (Lipinski definition) is 4. The van der Waals surface area contributed by atoms with Crippen molar-refractivity contribution in [3.8, 4) is 5.75 Å². The minimum Gasteiger partial charge on any atom is -0.494 e. The second kappa shape index (κ2) is 10.2. The van der Waals surface area contributed by atoms with Crippen molar-refractivity contribution in [1.29, 1.82) is 0 Å². The molecule has 0 aromatic heterocycles. The summed E-state index contributed by atoms with van der Waals surface area (Å²) in [6, 6.07) is 11.9. The number of aliphatic carboxylic acids is 1. The van der Waals surface area contributed by atoms with Crippen LogP contribution in [0.15, 0.2) is 48.5 Å². The lowest BCUT2D eigenvalue weighted by atomic mass is 9.99. The van der Waals surface area contributed by atoms with Crippen LogP contribution in [0, 0.1) is 5.82 Å². The second-order valence-corrected chi connectivity index (χ2v) is 6.28. The molecule has 0 heterocycles. The van der Waals surface area contributed by atoms with E-state index >= 15 is 0 Å². The number of halogens is 1. The lowest BCUT2D eigenvalue weighted by Gasteiger charge is -2.14. The highest BCUT2D eigenvalue weighted by molar-refractivity contribution is 5.94. The first kappa shape index (κ1) is 21.1. The van der Waals surface area contributed by atoms with Gasteiger partial charge in [0.15, 0.2) is 5.78 Å². The van der Waals surface area contributed by atoms with Crippen LogP contribution in [0.2, 0.25) is 0 Å². The molecule has 1 amide bonds. The average molecular weight is 387 g/mol. The first-order valence-electron chi connectivity index (χ1n) is 8.85. The van der Waals surface area contributed by atoms with Crippen LogP contribution < -0.4 is 10.1 Å². The first-order chi connectivity index (χ1) is 13.4. The maximum Gasteiger partial charge on any atom is 0.312 e. The molecule has 0 aliphatic heterocycles. The zero-order valence-electron chi connectivity index (χ0n) is 15.5. The summed E-state index contributed by atoms with van der Waals surface area (Å²) in [7, 11) is 0. The first-order valence-corrected chi connectivity index (χ1v) is 8.85. The molecular formula is C21H22FNO5. The van der Waals surface area contributed by atoms with Gasteiger partial charge in [-0.05, 0) is 55.3 Å². The van der Waals surface area contributed by atoms with Crippen molar-refractivity contribution >= 4 is 17.7 Å². The summed E-state index contributed by atoms with van der Waals surface area (Å²) in [5.41, 5.74) is 1.02. The van der Waals surface area contributed by atoms with E-state index in [9.17, 15) is 23.9 Å². The molecular weight excluding hydrogens is 365 g/mol. The van der Waals surface area contributed by atoms with E-state index in [4.69, 9.17) is 4.74 Å². The van der Waals surface area contributed by atoms with E-state index in [0.717, 1.165) is 0 Å². The zero-order chi connectivity index (χ0) is 20.5. The molecule has 148 valence electrons. The van der Waals surface area contributed by atoms with Crippen molar-refractivity contribution in [1.82, 2.24) is 5.32 Å².